The molecule has 2 rings (SSSR count). The van der Waals surface area contributed by atoms with Gasteiger partial charge in [0.25, 0.3) is 0 Å². The van der Waals surface area contributed by atoms with Crippen molar-refractivity contribution in [1.82, 2.24) is 10.3 Å². The summed E-state index contributed by atoms with van der Waals surface area (Å²) in [6.07, 6.45) is 1.84. The number of hydrogen-bond acceptors (Lipinski definition) is 2. The van der Waals surface area contributed by atoms with E-state index >= 15 is 0 Å². The number of hydrogen-bond donors (Lipinski definition) is 1. The predicted octanol–water partition coefficient (Wildman–Crippen LogP) is 4.23. The van der Waals surface area contributed by atoms with Crippen LogP contribution < -0.4 is 5.32 Å². The van der Waals surface area contributed by atoms with E-state index in [1.807, 2.05) is 18.3 Å². The number of benzene rings is 1. The maximum absolute atomic E-state index is 4.37. The third kappa shape index (κ3) is 3.91. The molecular weight excluding hydrogens is 244 g/mol. The Morgan fingerprint density at radius 2 is 1.75 bits per heavy atom. The highest BCUT2D eigenvalue weighted by Gasteiger charge is 2.13. The van der Waals surface area contributed by atoms with Crippen molar-refractivity contribution in [2.45, 2.75) is 45.7 Å². The minimum Gasteiger partial charge on any atom is -0.305 e. The Balaban J connectivity index is 1.94. The number of aromatic nitrogens is 1. The first-order valence-corrected chi connectivity index (χ1v) is 7.20. The Hall–Kier alpha value is -1.67. The molecule has 0 bridgehead atoms. The molecule has 20 heavy (non-hydrogen) atoms. The van der Waals surface area contributed by atoms with Crippen LogP contribution in [0.15, 0.2) is 48.7 Å². The van der Waals surface area contributed by atoms with Crippen molar-refractivity contribution >= 4 is 0 Å². The fourth-order valence-corrected chi connectivity index (χ4v) is 2.13. The van der Waals surface area contributed by atoms with Gasteiger partial charge in [-0.3, -0.25) is 4.98 Å². The van der Waals surface area contributed by atoms with E-state index < -0.39 is 0 Å². The van der Waals surface area contributed by atoms with Crippen LogP contribution in [0, 0.1) is 0 Å². The van der Waals surface area contributed by atoms with Gasteiger partial charge >= 0.3 is 0 Å². The molecule has 2 heteroatoms. The molecule has 1 aromatic heterocycles. The molecule has 0 saturated heterocycles. The second-order valence-corrected chi connectivity index (χ2v) is 6.30. The molecule has 1 atom stereocenters. The van der Waals surface area contributed by atoms with Crippen molar-refractivity contribution in [2.24, 2.45) is 0 Å². The van der Waals surface area contributed by atoms with Crippen LogP contribution in [0.5, 0.6) is 0 Å². The quantitative estimate of drug-likeness (QED) is 0.897. The number of nitrogens with one attached hydrogen (secondary N) is 1. The second kappa shape index (κ2) is 6.19. The normalized spacial score (nSPS) is 13.2. The van der Waals surface area contributed by atoms with Crippen LogP contribution in [0.1, 0.15) is 50.6 Å². The molecule has 0 radical (unpaired) electrons. The van der Waals surface area contributed by atoms with Crippen LogP contribution in [0.25, 0.3) is 0 Å². The highest BCUT2D eigenvalue weighted by Crippen LogP contribution is 2.22. The number of rotatable bonds is 4. The molecule has 1 unspecified atom stereocenters. The molecular formula is C18H24N2. The van der Waals surface area contributed by atoms with Gasteiger partial charge in [-0.1, -0.05) is 51.1 Å². The van der Waals surface area contributed by atoms with E-state index in [0.717, 1.165) is 12.2 Å². The van der Waals surface area contributed by atoms with Gasteiger partial charge in [0.2, 0.25) is 0 Å². The number of nitrogens with zero attached hydrogens (tertiary/aromatic N) is 1. The Morgan fingerprint density at radius 3 is 2.30 bits per heavy atom. The van der Waals surface area contributed by atoms with E-state index in [9.17, 15) is 0 Å². The molecule has 1 aromatic carbocycles. The molecule has 106 valence electrons. The topological polar surface area (TPSA) is 24.9 Å². The largest absolute Gasteiger partial charge is 0.305 e. The van der Waals surface area contributed by atoms with E-state index in [1.165, 1.54) is 11.1 Å². The summed E-state index contributed by atoms with van der Waals surface area (Å²) in [4.78, 5) is 4.37. The Labute approximate surface area is 122 Å². The van der Waals surface area contributed by atoms with E-state index in [-0.39, 0.29) is 11.5 Å². The molecule has 1 N–H and O–H groups in total. The first-order valence-electron chi connectivity index (χ1n) is 7.20. The lowest BCUT2D eigenvalue weighted by atomic mass is 9.87. The van der Waals surface area contributed by atoms with Gasteiger partial charge in [0, 0.05) is 18.8 Å². The third-order valence-electron chi connectivity index (χ3n) is 3.56. The Bertz CT molecular complexity index is 524. The summed E-state index contributed by atoms with van der Waals surface area (Å²) in [5.41, 5.74) is 3.98. The summed E-state index contributed by atoms with van der Waals surface area (Å²) in [6, 6.07) is 15.2. The molecule has 0 amide bonds. The van der Waals surface area contributed by atoms with Gasteiger partial charge in [-0.05, 0) is 35.6 Å². The molecule has 0 fully saturated rings. The third-order valence-corrected chi connectivity index (χ3v) is 3.56. The van der Waals surface area contributed by atoms with Gasteiger partial charge in [0.1, 0.15) is 0 Å². The smallest absolute Gasteiger partial charge is 0.0570 e. The molecule has 2 aromatic rings. The van der Waals surface area contributed by atoms with E-state index in [0.29, 0.717) is 0 Å². The Kier molecular flexibility index (Phi) is 4.56. The molecule has 0 aliphatic rings. The summed E-state index contributed by atoms with van der Waals surface area (Å²) < 4.78 is 0. The van der Waals surface area contributed by atoms with Gasteiger partial charge in [-0.2, -0.15) is 0 Å². The summed E-state index contributed by atoms with van der Waals surface area (Å²) in [6.45, 7) is 9.73. The van der Waals surface area contributed by atoms with Crippen LogP contribution >= 0.6 is 0 Å². The first kappa shape index (κ1) is 14.7. The first-order chi connectivity index (χ1) is 9.47. The maximum atomic E-state index is 4.37. The molecule has 1 heterocycles. The predicted molar refractivity (Wildman–Crippen MR) is 84.6 cm³/mol. The maximum Gasteiger partial charge on any atom is 0.0570 e. The SMILES string of the molecule is CC(NCc1ccc(C(C)(C)C)cc1)c1ccccn1. The molecule has 2 nitrogen and oxygen atoms in total. The van der Waals surface area contributed by atoms with Gasteiger partial charge < -0.3 is 5.32 Å². The zero-order valence-corrected chi connectivity index (χ0v) is 12.9. The van der Waals surface area contributed by atoms with Crippen LogP contribution in [-0.2, 0) is 12.0 Å². The number of pyridine rings is 1. The summed E-state index contributed by atoms with van der Waals surface area (Å²) in [7, 11) is 0. The zero-order valence-electron chi connectivity index (χ0n) is 12.9. The van der Waals surface area contributed by atoms with E-state index in [1.54, 1.807) is 0 Å². The molecule has 0 aliphatic heterocycles. The van der Waals surface area contributed by atoms with Crippen LogP contribution in [0.3, 0.4) is 0 Å². The van der Waals surface area contributed by atoms with Crippen molar-refractivity contribution in [3.63, 3.8) is 0 Å². The summed E-state index contributed by atoms with van der Waals surface area (Å²) in [5.74, 6) is 0. The minimum atomic E-state index is 0.215. The van der Waals surface area contributed by atoms with Crippen molar-refractivity contribution in [2.75, 3.05) is 0 Å². The van der Waals surface area contributed by atoms with Crippen molar-refractivity contribution in [1.29, 1.82) is 0 Å². The monoisotopic (exact) mass is 268 g/mol. The van der Waals surface area contributed by atoms with Crippen molar-refractivity contribution in [3.8, 4) is 0 Å². The van der Waals surface area contributed by atoms with E-state index in [4.69, 9.17) is 0 Å². The fourth-order valence-electron chi connectivity index (χ4n) is 2.13. The highest BCUT2D eigenvalue weighted by atomic mass is 14.9. The highest BCUT2D eigenvalue weighted by molar-refractivity contribution is 5.27. The zero-order chi connectivity index (χ0) is 14.6. The van der Waals surface area contributed by atoms with Crippen LogP contribution in [-0.4, -0.2) is 4.98 Å². The van der Waals surface area contributed by atoms with Crippen LogP contribution in [0.4, 0.5) is 0 Å². The minimum absolute atomic E-state index is 0.215. The second-order valence-electron chi connectivity index (χ2n) is 6.30. The summed E-state index contributed by atoms with van der Waals surface area (Å²) in [5, 5.41) is 3.51. The van der Waals surface area contributed by atoms with Crippen molar-refractivity contribution in [3.05, 3.63) is 65.5 Å². The van der Waals surface area contributed by atoms with Gasteiger partial charge in [0.05, 0.1) is 5.69 Å². The lowest BCUT2D eigenvalue weighted by molar-refractivity contribution is 0.560. The van der Waals surface area contributed by atoms with E-state index in [2.05, 4.69) is 68.3 Å². The fraction of sp³-hybridized carbons (Fsp3) is 0.389. The standard InChI is InChI=1S/C18H24N2/c1-14(17-7-5-6-12-19-17)20-13-15-8-10-16(11-9-15)18(2,3)4/h5-12,14,20H,13H2,1-4H3. The average molecular weight is 268 g/mol. The lowest BCUT2D eigenvalue weighted by Gasteiger charge is -2.19. The van der Waals surface area contributed by atoms with Crippen LogP contribution in [0.2, 0.25) is 0 Å². The molecule has 0 saturated carbocycles. The average Bonchev–Trinajstić information content (AvgIpc) is 2.45. The lowest BCUT2D eigenvalue weighted by Crippen LogP contribution is -2.19. The molecule has 0 aliphatic carbocycles. The van der Waals surface area contributed by atoms with Crippen molar-refractivity contribution < 1.29 is 0 Å². The summed E-state index contributed by atoms with van der Waals surface area (Å²) >= 11 is 0. The van der Waals surface area contributed by atoms with Gasteiger partial charge in [-0.15, -0.1) is 0 Å². The van der Waals surface area contributed by atoms with Gasteiger partial charge in [0.15, 0.2) is 0 Å². The van der Waals surface area contributed by atoms with Gasteiger partial charge in [-0.25, -0.2) is 0 Å². The molecule has 0 spiro atoms. The Morgan fingerprint density at radius 1 is 1.05 bits per heavy atom.